The molecule has 0 aromatic heterocycles. The number of ether oxygens (including phenoxy) is 1. The van der Waals surface area contributed by atoms with Gasteiger partial charge in [-0.15, -0.1) is 0 Å². The Hall–Kier alpha value is -3.38. The summed E-state index contributed by atoms with van der Waals surface area (Å²) in [6.45, 7) is 8.76. The molecular formula is C27H29N3O2S. The van der Waals surface area contributed by atoms with Gasteiger partial charge in [0.15, 0.2) is 5.11 Å². The van der Waals surface area contributed by atoms with Gasteiger partial charge in [-0.3, -0.25) is 4.79 Å². The molecule has 1 aliphatic rings. The first-order chi connectivity index (χ1) is 15.8. The number of carbonyl (C=O) groups excluding carboxylic acids is 1. The van der Waals surface area contributed by atoms with Gasteiger partial charge in [-0.1, -0.05) is 62.4 Å². The van der Waals surface area contributed by atoms with E-state index in [4.69, 9.17) is 17.0 Å². The molecule has 4 rings (SSSR count). The van der Waals surface area contributed by atoms with E-state index in [0.29, 0.717) is 23.2 Å². The second kappa shape index (κ2) is 9.63. The van der Waals surface area contributed by atoms with E-state index in [0.717, 1.165) is 39.0 Å². The number of rotatable bonds is 6. The van der Waals surface area contributed by atoms with E-state index in [1.54, 1.807) is 0 Å². The highest BCUT2D eigenvalue weighted by atomic mass is 32.1. The highest BCUT2D eigenvalue weighted by molar-refractivity contribution is 7.80. The number of carbonyl (C=O) groups is 1. The minimum Gasteiger partial charge on any atom is -0.493 e. The summed E-state index contributed by atoms with van der Waals surface area (Å²) in [6.07, 6.45) is 0. The molecule has 1 heterocycles. The SMILES string of the molecule is CC1=C(C(=O)Nc2ccccc2C)[C@@H](c2ccc(OCC(C)C)c3ccccc23)NC(=S)N1. The van der Waals surface area contributed by atoms with Crippen molar-refractivity contribution in [3.8, 4) is 5.75 Å². The van der Waals surface area contributed by atoms with Crippen LogP contribution in [-0.2, 0) is 4.79 Å². The summed E-state index contributed by atoms with van der Waals surface area (Å²) in [6, 6.07) is 19.5. The quantitative estimate of drug-likeness (QED) is 0.418. The molecule has 1 amide bonds. The van der Waals surface area contributed by atoms with Crippen LogP contribution in [0.2, 0.25) is 0 Å². The van der Waals surface area contributed by atoms with Crippen LogP contribution in [0.15, 0.2) is 71.9 Å². The fourth-order valence-corrected chi connectivity index (χ4v) is 4.33. The van der Waals surface area contributed by atoms with Gasteiger partial charge in [0.2, 0.25) is 0 Å². The number of amides is 1. The molecule has 0 unspecified atom stereocenters. The molecule has 33 heavy (non-hydrogen) atoms. The van der Waals surface area contributed by atoms with Crippen LogP contribution in [0, 0.1) is 12.8 Å². The van der Waals surface area contributed by atoms with Crippen molar-refractivity contribution in [2.24, 2.45) is 5.92 Å². The molecule has 3 aromatic carbocycles. The van der Waals surface area contributed by atoms with Crippen molar-refractivity contribution in [2.75, 3.05) is 11.9 Å². The number of allylic oxidation sites excluding steroid dienone is 1. The van der Waals surface area contributed by atoms with E-state index in [1.165, 1.54) is 0 Å². The van der Waals surface area contributed by atoms with Crippen LogP contribution in [0.5, 0.6) is 5.75 Å². The van der Waals surface area contributed by atoms with Crippen molar-refractivity contribution in [2.45, 2.75) is 33.7 Å². The summed E-state index contributed by atoms with van der Waals surface area (Å²) in [5, 5.41) is 12.0. The maximum Gasteiger partial charge on any atom is 0.255 e. The summed E-state index contributed by atoms with van der Waals surface area (Å²) < 4.78 is 6.08. The standard InChI is InChI=1S/C27H29N3O2S/c1-16(2)15-32-23-14-13-21(19-10-6-7-11-20(19)23)25-24(18(4)28-27(33)30-25)26(31)29-22-12-8-5-9-17(22)3/h5-14,16,25H,15H2,1-4H3,(H,29,31)(H2,28,30,33)/t25-/m1/s1. The molecule has 0 saturated carbocycles. The van der Waals surface area contributed by atoms with Gasteiger partial charge < -0.3 is 20.7 Å². The first-order valence-corrected chi connectivity index (χ1v) is 11.6. The van der Waals surface area contributed by atoms with Gasteiger partial charge >= 0.3 is 0 Å². The largest absolute Gasteiger partial charge is 0.493 e. The van der Waals surface area contributed by atoms with Crippen molar-refractivity contribution in [3.05, 3.63) is 83.1 Å². The van der Waals surface area contributed by atoms with E-state index in [2.05, 4.69) is 41.9 Å². The van der Waals surface area contributed by atoms with Crippen LogP contribution in [0.3, 0.4) is 0 Å². The van der Waals surface area contributed by atoms with Crippen LogP contribution in [0.4, 0.5) is 5.69 Å². The zero-order chi connectivity index (χ0) is 23.5. The average Bonchev–Trinajstić information content (AvgIpc) is 2.78. The Balaban J connectivity index is 1.77. The van der Waals surface area contributed by atoms with E-state index < -0.39 is 6.04 Å². The van der Waals surface area contributed by atoms with Gasteiger partial charge in [-0.05, 0) is 60.6 Å². The van der Waals surface area contributed by atoms with E-state index in [-0.39, 0.29) is 5.91 Å². The minimum absolute atomic E-state index is 0.168. The number of hydrogen-bond donors (Lipinski definition) is 3. The van der Waals surface area contributed by atoms with Gasteiger partial charge in [0.05, 0.1) is 18.2 Å². The van der Waals surface area contributed by atoms with Gasteiger partial charge in [-0.2, -0.15) is 0 Å². The molecule has 3 N–H and O–H groups in total. The molecule has 3 aromatic rings. The highest BCUT2D eigenvalue weighted by Gasteiger charge is 2.31. The first kappa shape index (κ1) is 22.8. The van der Waals surface area contributed by atoms with E-state index in [9.17, 15) is 4.79 Å². The van der Waals surface area contributed by atoms with Gasteiger partial charge in [0, 0.05) is 16.8 Å². The number of nitrogens with one attached hydrogen (secondary N) is 3. The van der Waals surface area contributed by atoms with E-state index in [1.807, 2.05) is 62.4 Å². The molecule has 0 saturated heterocycles. The summed E-state index contributed by atoms with van der Waals surface area (Å²) in [5.74, 6) is 1.10. The summed E-state index contributed by atoms with van der Waals surface area (Å²) >= 11 is 5.46. The molecule has 1 atom stereocenters. The Morgan fingerprint density at radius 3 is 2.45 bits per heavy atom. The first-order valence-electron chi connectivity index (χ1n) is 11.1. The lowest BCUT2D eigenvalue weighted by molar-refractivity contribution is -0.113. The van der Waals surface area contributed by atoms with Crippen molar-refractivity contribution in [1.29, 1.82) is 0 Å². The number of thiocarbonyl (C=S) groups is 1. The number of benzene rings is 3. The molecule has 170 valence electrons. The number of anilines is 1. The lowest BCUT2D eigenvalue weighted by atomic mass is 9.90. The maximum atomic E-state index is 13.5. The predicted molar refractivity (Wildman–Crippen MR) is 138 cm³/mol. The van der Waals surface area contributed by atoms with Crippen LogP contribution in [0.1, 0.15) is 37.9 Å². The molecule has 0 radical (unpaired) electrons. The Morgan fingerprint density at radius 2 is 1.73 bits per heavy atom. The summed E-state index contributed by atoms with van der Waals surface area (Å²) in [7, 11) is 0. The Morgan fingerprint density at radius 1 is 1.03 bits per heavy atom. The topological polar surface area (TPSA) is 62.4 Å². The molecule has 0 bridgehead atoms. The lowest BCUT2D eigenvalue weighted by Gasteiger charge is -2.31. The third kappa shape index (κ3) is 4.86. The van der Waals surface area contributed by atoms with Crippen LogP contribution in [0.25, 0.3) is 10.8 Å². The summed E-state index contributed by atoms with van der Waals surface area (Å²) in [4.78, 5) is 13.5. The lowest BCUT2D eigenvalue weighted by Crippen LogP contribution is -2.45. The Labute approximate surface area is 200 Å². The molecule has 0 spiro atoms. The minimum atomic E-state index is -0.396. The van der Waals surface area contributed by atoms with Crippen LogP contribution >= 0.6 is 12.2 Å². The number of hydrogen-bond acceptors (Lipinski definition) is 3. The number of fused-ring (bicyclic) bond motifs is 1. The van der Waals surface area contributed by atoms with E-state index >= 15 is 0 Å². The highest BCUT2D eigenvalue weighted by Crippen LogP contribution is 2.36. The van der Waals surface area contributed by atoms with Crippen molar-refractivity contribution in [1.82, 2.24) is 10.6 Å². The second-order valence-electron chi connectivity index (χ2n) is 8.74. The zero-order valence-corrected chi connectivity index (χ0v) is 20.2. The van der Waals surface area contributed by atoms with Gasteiger partial charge in [-0.25, -0.2) is 0 Å². The summed E-state index contributed by atoms with van der Waals surface area (Å²) in [5.41, 5.74) is 4.11. The Kier molecular flexibility index (Phi) is 6.65. The third-order valence-corrected chi connectivity index (χ3v) is 5.93. The van der Waals surface area contributed by atoms with Crippen LogP contribution in [-0.4, -0.2) is 17.6 Å². The number of aryl methyl sites for hydroxylation is 1. The van der Waals surface area contributed by atoms with Gasteiger partial charge in [0.25, 0.3) is 5.91 Å². The molecule has 0 fully saturated rings. The molecule has 0 aliphatic carbocycles. The fourth-order valence-electron chi connectivity index (χ4n) is 4.06. The monoisotopic (exact) mass is 459 g/mol. The van der Waals surface area contributed by atoms with Crippen LogP contribution < -0.4 is 20.7 Å². The third-order valence-electron chi connectivity index (χ3n) is 5.71. The molecule has 1 aliphatic heterocycles. The molecule has 6 heteroatoms. The van der Waals surface area contributed by atoms with Crippen molar-refractivity contribution >= 4 is 39.7 Å². The van der Waals surface area contributed by atoms with Gasteiger partial charge in [0.1, 0.15) is 5.75 Å². The smallest absolute Gasteiger partial charge is 0.255 e. The predicted octanol–water partition coefficient (Wildman–Crippen LogP) is 5.61. The fraction of sp³-hybridized carbons (Fsp3) is 0.259. The average molecular weight is 460 g/mol. The Bertz CT molecular complexity index is 1250. The number of para-hydroxylation sites is 1. The second-order valence-corrected chi connectivity index (χ2v) is 9.15. The normalized spacial score (nSPS) is 15.9. The van der Waals surface area contributed by atoms with Crippen molar-refractivity contribution in [3.63, 3.8) is 0 Å². The molecular weight excluding hydrogens is 430 g/mol. The zero-order valence-electron chi connectivity index (χ0n) is 19.4. The maximum absolute atomic E-state index is 13.5. The molecule has 5 nitrogen and oxygen atoms in total. The van der Waals surface area contributed by atoms with Crippen molar-refractivity contribution < 1.29 is 9.53 Å².